The predicted octanol–water partition coefficient (Wildman–Crippen LogP) is -0.779. The zero-order valence-corrected chi connectivity index (χ0v) is 4.17. The molecule has 0 rings (SSSR count). The second kappa shape index (κ2) is 51.0. The molecule has 0 radical (unpaired) electrons. The third-order valence-electron chi connectivity index (χ3n) is 0. The number of aliphatic hydroxyl groups excluding tert-OH is 2. The van der Waals surface area contributed by atoms with Crippen LogP contribution in [0.25, 0.3) is 0 Å². The van der Waals surface area contributed by atoms with Gasteiger partial charge in [0.05, 0.1) is 0 Å². The van der Waals surface area contributed by atoms with Crippen LogP contribution in [-0.2, 0) is 26.7 Å². The average molecular weight is 146 g/mol. The smallest absolute Gasteiger partial charge is 0.665 e. The first-order chi connectivity index (χ1) is 2.83. The van der Waals surface area contributed by atoms with E-state index in [4.69, 9.17) is 19.8 Å². The molecule has 0 aromatic heterocycles. The zero-order valence-electron chi connectivity index (χ0n) is 3.06. The van der Waals surface area contributed by atoms with E-state index in [-0.39, 0.29) is 17.1 Å². The molecular formula is C2H2FeO4. The van der Waals surface area contributed by atoms with E-state index >= 15 is 0 Å². The standard InChI is InChI=1S/2CHO2.Fe/c2*2-1-3;/h2*(H,2,3);/q2*-1;+2. The molecule has 0 aliphatic carbocycles. The van der Waals surface area contributed by atoms with Crippen LogP contribution in [0.4, 0.5) is 0 Å². The van der Waals surface area contributed by atoms with Crippen molar-refractivity contribution in [1.82, 2.24) is 0 Å². The normalized spacial score (nSPS) is 3.43. The fraction of sp³-hybridized carbons (Fsp3) is 0. The van der Waals surface area contributed by atoms with Crippen molar-refractivity contribution >= 4 is 12.9 Å². The monoisotopic (exact) mass is 146 g/mol. The Morgan fingerprint density at radius 1 is 1.00 bits per heavy atom. The van der Waals surface area contributed by atoms with Gasteiger partial charge >= 0.3 is 17.1 Å². The van der Waals surface area contributed by atoms with E-state index in [9.17, 15) is 0 Å². The van der Waals surface area contributed by atoms with Gasteiger partial charge in [-0.05, 0) is 0 Å². The summed E-state index contributed by atoms with van der Waals surface area (Å²) in [6.07, 6.45) is 0. The summed E-state index contributed by atoms with van der Waals surface area (Å²) >= 11 is 0. The van der Waals surface area contributed by atoms with Crippen LogP contribution < -0.4 is 0 Å². The Morgan fingerprint density at radius 3 is 1.00 bits per heavy atom. The Balaban J connectivity index is -0.0000000400. The molecule has 0 aliphatic rings. The Hall–Kier alpha value is -0.541. The maximum absolute atomic E-state index is 8.24. The summed E-state index contributed by atoms with van der Waals surface area (Å²) in [5.41, 5.74) is 0. The Labute approximate surface area is 50.6 Å². The molecule has 5 heteroatoms. The predicted molar refractivity (Wildman–Crippen MR) is 16.6 cm³/mol. The summed E-state index contributed by atoms with van der Waals surface area (Å²) in [6, 6.07) is 0. The molecule has 0 heterocycles. The molecule has 0 amide bonds. The molecule has 0 spiro atoms. The molecule has 42 valence electrons. The van der Waals surface area contributed by atoms with Gasteiger partial charge in [-0.3, -0.25) is 0 Å². The number of hydrogen-bond donors (Lipinski definition) is 2. The molecule has 0 aliphatic heterocycles. The molecule has 2 N–H and O–H groups in total. The molecular weight excluding hydrogens is 144 g/mol. The van der Waals surface area contributed by atoms with Crippen molar-refractivity contribution < 1.29 is 36.9 Å². The minimum Gasteiger partial charge on any atom is -0.665 e. The first-order valence-corrected chi connectivity index (χ1v) is 0.855. The van der Waals surface area contributed by atoms with Crippen molar-refractivity contribution in [2.45, 2.75) is 0 Å². The van der Waals surface area contributed by atoms with E-state index in [0.717, 1.165) is 0 Å². The van der Waals surface area contributed by atoms with Crippen molar-refractivity contribution in [3.63, 3.8) is 0 Å². The average Bonchev–Trinajstić information content (AvgIpc) is 1.39. The molecule has 4 nitrogen and oxygen atoms in total. The quantitative estimate of drug-likeness (QED) is 0.347. The maximum atomic E-state index is 8.24. The van der Waals surface area contributed by atoms with Crippen LogP contribution in [0.3, 0.4) is 0 Å². The summed E-state index contributed by atoms with van der Waals surface area (Å²) < 4.78 is 0. The maximum Gasteiger partial charge on any atom is 2.00 e. The van der Waals surface area contributed by atoms with Gasteiger partial charge in [-0.15, -0.1) is 0 Å². The van der Waals surface area contributed by atoms with Crippen LogP contribution in [-0.4, -0.2) is 23.2 Å². The molecule has 0 bridgehead atoms. The van der Waals surface area contributed by atoms with Gasteiger partial charge < -0.3 is 19.8 Å². The Kier molecular flexibility index (Phi) is 117. The molecule has 0 aromatic rings. The topological polar surface area (TPSA) is 74.6 Å². The largest absolute Gasteiger partial charge is 2.00 e. The van der Waals surface area contributed by atoms with Crippen LogP contribution in [0.15, 0.2) is 0 Å². The van der Waals surface area contributed by atoms with Gasteiger partial charge in [-0.25, -0.2) is 0 Å². The number of hydrogen-bond acceptors (Lipinski definition) is 2. The second-order valence-corrected chi connectivity index (χ2v) is 0.183. The van der Waals surface area contributed by atoms with E-state index in [1.807, 2.05) is 0 Å². The first kappa shape index (κ1) is 16.1. The van der Waals surface area contributed by atoms with Gasteiger partial charge in [0.1, 0.15) is 0 Å². The molecule has 0 saturated heterocycles. The molecule has 0 aromatic carbocycles. The van der Waals surface area contributed by atoms with E-state index in [2.05, 4.69) is 0 Å². The van der Waals surface area contributed by atoms with Gasteiger partial charge in [0.2, 0.25) is 0 Å². The van der Waals surface area contributed by atoms with Crippen LogP contribution in [0.5, 0.6) is 0 Å². The SMILES string of the molecule is O=[C-]O.O=[C-]O.[Fe+2]. The van der Waals surface area contributed by atoms with Crippen LogP contribution in [0.1, 0.15) is 0 Å². The van der Waals surface area contributed by atoms with E-state index in [1.165, 1.54) is 0 Å². The van der Waals surface area contributed by atoms with Crippen molar-refractivity contribution in [1.29, 1.82) is 0 Å². The fourth-order valence-electron chi connectivity index (χ4n) is 0. The summed E-state index contributed by atoms with van der Waals surface area (Å²) in [7, 11) is 0. The van der Waals surface area contributed by atoms with E-state index in [0.29, 0.717) is 12.9 Å². The van der Waals surface area contributed by atoms with Crippen LogP contribution in [0, 0.1) is 0 Å². The third kappa shape index (κ3) is 224. The minimum atomic E-state index is 0. The Bertz CT molecular complexity index is 30.7. The van der Waals surface area contributed by atoms with E-state index in [1.54, 1.807) is 0 Å². The summed E-state index contributed by atoms with van der Waals surface area (Å²) in [6.45, 7) is 1.00. The van der Waals surface area contributed by atoms with Crippen molar-refractivity contribution in [2.24, 2.45) is 0 Å². The molecule has 0 atom stereocenters. The summed E-state index contributed by atoms with van der Waals surface area (Å²) in [5.74, 6) is 0. The molecule has 0 unspecified atom stereocenters. The van der Waals surface area contributed by atoms with Gasteiger partial charge in [0, 0.05) is 0 Å². The van der Waals surface area contributed by atoms with Gasteiger partial charge in [-0.1, -0.05) is 12.9 Å². The molecule has 0 fully saturated rings. The summed E-state index contributed by atoms with van der Waals surface area (Å²) in [5, 5.41) is 13.5. The van der Waals surface area contributed by atoms with Gasteiger partial charge in [-0.2, -0.15) is 0 Å². The second-order valence-electron chi connectivity index (χ2n) is 0.183. The third-order valence-corrected chi connectivity index (χ3v) is 0. The number of rotatable bonds is 0. The van der Waals surface area contributed by atoms with Gasteiger partial charge in [0.15, 0.2) is 0 Å². The Morgan fingerprint density at radius 2 is 1.00 bits per heavy atom. The van der Waals surface area contributed by atoms with E-state index < -0.39 is 0 Å². The summed E-state index contributed by atoms with van der Waals surface area (Å²) in [4.78, 5) is 16.5. The molecule has 0 saturated carbocycles. The fourth-order valence-corrected chi connectivity index (χ4v) is 0. The van der Waals surface area contributed by atoms with Crippen molar-refractivity contribution in [2.75, 3.05) is 0 Å². The minimum absolute atomic E-state index is 0. The van der Waals surface area contributed by atoms with Gasteiger partial charge in [0.25, 0.3) is 0 Å². The zero-order chi connectivity index (χ0) is 5.41. The van der Waals surface area contributed by atoms with Crippen LogP contribution >= 0.6 is 0 Å². The molecule has 7 heavy (non-hydrogen) atoms. The first-order valence-electron chi connectivity index (χ1n) is 0.855. The van der Waals surface area contributed by atoms with Crippen molar-refractivity contribution in [3.8, 4) is 0 Å². The van der Waals surface area contributed by atoms with Crippen LogP contribution in [0.2, 0.25) is 0 Å². The van der Waals surface area contributed by atoms with Crippen molar-refractivity contribution in [3.05, 3.63) is 0 Å².